The predicted octanol–water partition coefficient (Wildman–Crippen LogP) is 8.18. The highest BCUT2D eigenvalue weighted by Gasteiger charge is 2.42. The number of hydrogen-bond acceptors (Lipinski definition) is 3. The zero-order valence-electron chi connectivity index (χ0n) is 23.7. The number of para-hydroxylation sites is 3. The van der Waals surface area contributed by atoms with Gasteiger partial charge in [-0.05, 0) is 109 Å². The quantitative estimate of drug-likeness (QED) is 0.210. The van der Waals surface area contributed by atoms with Crippen LogP contribution in [-0.2, 0) is 0 Å². The first-order valence-corrected chi connectivity index (χ1v) is 14.5. The minimum absolute atomic E-state index is 0.0452. The first-order chi connectivity index (χ1) is 20.7. The fraction of sp³-hybridized carbons (Fsp3) is 0.0526. The number of hydrogen-bond donors (Lipinski definition) is 0. The van der Waals surface area contributed by atoms with Crippen molar-refractivity contribution in [2.45, 2.75) is 13.8 Å². The Morgan fingerprint density at radius 1 is 0.548 bits per heavy atom. The molecule has 0 fully saturated rings. The summed E-state index contributed by atoms with van der Waals surface area (Å²) >= 11 is 0. The Morgan fingerprint density at radius 3 is 1.90 bits per heavy atom. The second kappa shape index (κ2) is 9.71. The fourth-order valence-electron chi connectivity index (χ4n) is 6.78. The molecule has 3 nitrogen and oxygen atoms in total. The molecule has 2 heterocycles. The summed E-state index contributed by atoms with van der Waals surface area (Å²) in [6.07, 6.45) is 0. The van der Waals surface area contributed by atoms with Gasteiger partial charge in [0.15, 0.2) is 0 Å². The molecule has 0 N–H and O–H groups in total. The summed E-state index contributed by atoms with van der Waals surface area (Å²) in [4.78, 5) is 4.73. The molecule has 0 amide bonds. The number of ether oxygens (including phenoxy) is 1. The van der Waals surface area contributed by atoms with Gasteiger partial charge < -0.3 is 14.5 Å². The standard InChI is InChI=1S/C38H29BN2O/c1-26-23-27(2)37-34(24-26)41(30-17-10-5-11-18-30)33-19-12-20-36-38(33)39(37)32-25-31(21-22-35(32)42-36)40(28-13-6-3-7-14-28)29-15-8-4-9-16-29/h3-25H,1-2H3. The van der Waals surface area contributed by atoms with E-state index in [-0.39, 0.29) is 6.71 Å². The van der Waals surface area contributed by atoms with Crippen LogP contribution in [0.2, 0.25) is 0 Å². The monoisotopic (exact) mass is 540 g/mol. The Bertz CT molecular complexity index is 1900. The van der Waals surface area contributed by atoms with Gasteiger partial charge in [0.05, 0.1) is 0 Å². The van der Waals surface area contributed by atoms with Crippen molar-refractivity contribution in [1.29, 1.82) is 0 Å². The highest BCUT2D eigenvalue weighted by Crippen LogP contribution is 2.42. The average molecular weight is 540 g/mol. The molecule has 0 atom stereocenters. The van der Waals surface area contributed by atoms with Crippen molar-refractivity contribution in [3.8, 4) is 11.5 Å². The summed E-state index contributed by atoms with van der Waals surface area (Å²) in [5.74, 6) is 1.83. The molecule has 2 aliphatic rings. The van der Waals surface area contributed by atoms with Crippen LogP contribution >= 0.6 is 0 Å². The van der Waals surface area contributed by atoms with Gasteiger partial charge in [0, 0.05) is 34.1 Å². The zero-order chi connectivity index (χ0) is 28.2. The Balaban J connectivity index is 1.38. The Hall–Kier alpha value is -5.22. The molecule has 0 aliphatic carbocycles. The average Bonchev–Trinajstić information content (AvgIpc) is 3.02. The van der Waals surface area contributed by atoms with E-state index in [4.69, 9.17) is 4.74 Å². The molecule has 6 aromatic rings. The second-order valence-electron chi connectivity index (χ2n) is 11.1. The molecule has 0 saturated heterocycles. The number of nitrogens with zero attached hydrogens (tertiary/aromatic N) is 2. The van der Waals surface area contributed by atoms with Crippen LogP contribution in [0.15, 0.2) is 140 Å². The Kier molecular flexibility index (Phi) is 5.68. The summed E-state index contributed by atoms with van der Waals surface area (Å²) < 4.78 is 6.69. The van der Waals surface area contributed by atoms with Gasteiger partial charge in [-0.25, -0.2) is 0 Å². The Morgan fingerprint density at radius 2 is 1.21 bits per heavy atom. The lowest BCUT2D eigenvalue weighted by Gasteiger charge is -2.41. The minimum Gasteiger partial charge on any atom is -0.458 e. The largest absolute Gasteiger partial charge is 0.458 e. The molecular weight excluding hydrogens is 511 g/mol. The second-order valence-corrected chi connectivity index (χ2v) is 11.1. The molecule has 0 saturated carbocycles. The lowest BCUT2D eigenvalue weighted by atomic mass is 9.33. The molecule has 200 valence electrons. The summed E-state index contributed by atoms with van der Waals surface area (Å²) in [5.41, 5.74) is 13.2. The fourth-order valence-corrected chi connectivity index (χ4v) is 6.78. The number of benzene rings is 6. The molecule has 0 bridgehead atoms. The lowest BCUT2D eigenvalue weighted by molar-refractivity contribution is 0.487. The van der Waals surface area contributed by atoms with Gasteiger partial charge in [0.25, 0.3) is 6.71 Å². The molecule has 0 radical (unpaired) electrons. The topological polar surface area (TPSA) is 15.7 Å². The summed E-state index contributed by atoms with van der Waals surface area (Å²) in [5, 5.41) is 0. The van der Waals surface area contributed by atoms with Crippen LogP contribution in [-0.4, -0.2) is 6.71 Å². The van der Waals surface area contributed by atoms with Gasteiger partial charge in [-0.3, -0.25) is 0 Å². The lowest BCUT2D eigenvalue weighted by Crippen LogP contribution is -2.60. The van der Waals surface area contributed by atoms with E-state index in [2.05, 4.69) is 163 Å². The van der Waals surface area contributed by atoms with Crippen molar-refractivity contribution < 1.29 is 4.74 Å². The van der Waals surface area contributed by atoms with Crippen molar-refractivity contribution in [3.05, 3.63) is 151 Å². The van der Waals surface area contributed by atoms with E-state index in [1.54, 1.807) is 0 Å². The number of rotatable bonds is 4. The van der Waals surface area contributed by atoms with Crippen LogP contribution in [0.1, 0.15) is 11.1 Å². The first kappa shape index (κ1) is 24.6. The summed E-state index contributed by atoms with van der Waals surface area (Å²) in [6, 6.07) is 49.6. The first-order valence-electron chi connectivity index (χ1n) is 14.5. The van der Waals surface area contributed by atoms with Gasteiger partial charge in [-0.1, -0.05) is 72.3 Å². The van der Waals surface area contributed by atoms with Crippen molar-refractivity contribution in [3.63, 3.8) is 0 Å². The summed E-state index contributed by atoms with van der Waals surface area (Å²) in [7, 11) is 0. The Labute approximate surface area is 247 Å². The molecule has 6 aromatic carbocycles. The van der Waals surface area contributed by atoms with Crippen LogP contribution in [0.4, 0.5) is 34.1 Å². The van der Waals surface area contributed by atoms with E-state index < -0.39 is 0 Å². The molecule has 0 aromatic heterocycles. The maximum absolute atomic E-state index is 6.69. The van der Waals surface area contributed by atoms with Crippen LogP contribution in [0.25, 0.3) is 0 Å². The third-order valence-corrected chi connectivity index (χ3v) is 8.44. The smallest absolute Gasteiger partial charge is 0.256 e. The van der Waals surface area contributed by atoms with E-state index in [0.717, 1.165) is 34.2 Å². The van der Waals surface area contributed by atoms with E-state index in [0.29, 0.717) is 0 Å². The number of fused-ring (bicyclic) bond motifs is 4. The van der Waals surface area contributed by atoms with Crippen molar-refractivity contribution in [1.82, 2.24) is 0 Å². The highest BCUT2D eigenvalue weighted by atomic mass is 16.5. The highest BCUT2D eigenvalue weighted by molar-refractivity contribution is 6.99. The van der Waals surface area contributed by atoms with E-state index >= 15 is 0 Å². The van der Waals surface area contributed by atoms with Crippen molar-refractivity contribution in [2.75, 3.05) is 9.80 Å². The van der Waals surface area contributed by atoms with E-state index in [1.807, 2.05) is 0 Å². The van der Waals surface area contributed by atoms with Crippen molar-refractivity contribution in [2.24, 2.45) is 0 Å². The van der Waals surface area contributed by atoms with Crippen LogP contribution in [0.5, 0.6) is 11.5 Å². The number of aryl methyl sites for hydroxylation is 2. The number of anilines is 6. The zero-order valence-corrected chi connectivity index (χ0v) is 23.7. The van der Waals surface area contributed by atoms with Crippen molar-refractivity contribution >= 4 is 57.2 Å². The van der Waals surface area contributed by atoms with Crippen LogP contribution < -0.4 is 30.9 Å². The SMILES string of the molecule is Cc1cc(C)c2c(c1)N(c1ccccc1)c1cccc3c1B2c1cc(N(c2ccccc2)c2ccccc2)ccc1O3. The maximum Gasteiger partial charge on any atom is 0.256 e. The normalized spacial score (nSPS) is 12.6. The third kappa shape index (κ3) is 3.83. The van der Waals surface area contributed by atoms with Gasteiger partial charge in [0.2, 0.25) is 0 Å². The summed E-state index contributed by atoms with van der Waals surface area (Å²) in [6.45, 7) is 4.49. The maximum atomic E-state index is 6.69. The van der Waals surface area contributed by atoms with Crippen LogP contribution in [0.3, 0.4) is 0 Å². The van der Waals surface area contributed by atoms with E-state index in [1.165, 1.54) is 38.9 Å². The van der Waals surface area contributed by atoms with E-state index in [9.17, 15) is 0 Å². The molecule has 4 heteroatoms. The van der Waals surface area contributed by atoms with Gasteiger partial charge in [-0.15, -0.1) is 0 Å². The molecule has 0 spiro atoms. The molecule has 2 aliphatic heterocycles. The molecule has 8 rings (SSSR count). The minimum atomic E-state index is 0.0452. The van der Waals surface area contributed by atoms with Gasteiger partial charge in [-0.2, -0.15) is 0 Å². The molecular formula is C38H29BN2O. The van der Waals surface area contributed by atoms with Gasteiger partial charge in [0.1, 0.15) is 11.5 Å². The third-order valence-electron chi connectivity index (χ3n) is 8.44. The van der Waals surface area contributed by atoms with Gasteiger partial charge >= 0.3 is 0 Å². The predicted molar refractivity (Wildman–Crippen MR) is 176 cm³/mol. The van der Waals surface area contributed by atoms with Crippen LogP contribution in [0, 0.1) is 13.8 Å². The molecule has 42 heavy (non-hydrogen) atoms. The molecule has 0 unspecified atom stereocenters.